The average molecular weight is 354 g/mol. The molecule has 2 aromatic carbocycles. The van der Waals surface area contributed by atoms with Crippen LogP contribution in [0.4, 0.5) is 0 Å². The molecule has 138 valence electrons. The highest BCUT2D eigenvalue weighted by molar-refractivity contribution is 5.88. The summed E-state index contributed by atoms with van der Waals surface area (Å²) in [5.74, 6) is 0.244. The molecule has 5 heteroatoms. The van der Waals surface area contributed by atoms with E-state index < -0.39 is 6.04 Å². The number of carbonyl (C=O) groups is 2. The van der Waals surface area contributed by atoms with Crippen molar-refractivity contribution in [1.82, 2.24) is 10.2 Å². The summed E-state index contributed by atoms with van der Waals surface area (Å²) in [7, 11) is 1.58. The summed E-state index contributed by atoms with van der Waals surface area (Å²) in [4.78, 5) is 26.7. The lowest BCUT2D eigenvalue weighted by Gasteiger charge is -2.30. The minimum absolute atomic E-state index is 0.108. The first-order valence-corrected chi connectivity index (χ1v) is 8.79. The van der Waals surface area contributed by atoms with Gasteiger partial charge in [-0.15, -0.1) is 0 Å². The van der Waals surface area contributed by atoms with Crippen LogP contribution in [0.5, 0.6) is 5.75 Å². The molecule has 0 aliphatic carbocycles. The number of likely N-dealkylation sites (N-methyl/N-ethyl adjacent to an activating group) is 1. The lowest BCUT2D eigenvalue weighted by molar-refractivity contribution is -0.142. The van der Waals surface area contributed by atoms with Crippen molar-refractivity contribution in [2.45, 2.75) is 32.9 Å². The van der Waals surface area contributed by atoms with Gasteiger partial charge in [-0.2, -0.15) is 0 Å². The van der Waals surface area contributed by atoms with Crippen LogP contribution in [0, 0.1) is 6.92 Å². The number of hydrogen-bond acceptors (Lipinski definition) is 3. The highest BCUT2D eigenvalue weighted by atomic mass is 16.5. The third kappa shape index (κ3) is 5.34. The Morgan fingerprint density at radius 3 is 2.31 bits per heavy atom. The van der Waals surface area contributed by atoms with Crippen molar-refractivity contribution in [3.63, 3.8) is 0 Å². The zero-order chi connectivity index (χ0) is 18.9. The summed E-state index contributed by atoms with van der Waals surface area (Å²) in [5, 5.41) is 2.64. The highest BCUT2D eigenvalue weighted by Gasteiger charge is 2.28. The van der Waals surface area contributed by atoms with Crippen LogP contribution in [0.3, 0.4) is 0 Å². The molecule has 26 heavy (non-hydrogen) atoms. The largest absolute Gasteiger partial charge is 0.484 e. The predicted octanol–water partition coefficient (Wildman–Crippen LogP) is 2.93. The van der Waals surface area contributed by atoms with Crippen LogP contribution in [0.25, 0.3) is 0 Å². The molecule has 0 aromatic heterocycles. The monoisotopic (exact) mass is 354 g/mol. The van der Waals surface area contributed by atoms with E-state index in [9.17, 15) is 9.59 Å². The number of benzene rings is 2. The molecule has 5 nitrogen and oxygen atoms in total. The van der Waals surface area contributed by atoms with E-state index >= 15 is 0 Å². The van der Waals surface area contributed by atoms with Crippen molar-refractivity contribution >= 4 is 11.8 Å². The van der Waals surface area contributed by atoms with Gasteiger partial charge in [0.2, 0.25) is 5.91 Å². The Morgan fingerprint density at radius 1 is 1.08 bits per heavy atom. The molecule has 0 spiro atoms. The molecule has 0 unspecified atom stereocenters. The summed E-state index contributed by atoms with van der Waals surface area (Å²) >= 11 is 0. The van der Waals surface area contributed by atoms with Crippen molar-refractivity contribution in [3.8, 4) is 5.75 Å². The fourth-order valence-corrected chi connectivity index (χ4v) is 2.73. The normalized spacial score (nSPS) is 11.5. The Bertz CT molecular complexity index is 714. The van der Waals surface area contributed by atoms with Crippen LogP contribution < -0.4 is 10.1 Å². The van der Waals surface area contributed by atoms with Crippen LogP contribution in [0.1, 0.15) is 24.5 Å². The van der Waals surface area contributed by atoms with E-state index in [-0.39, 0.29) is 18.4 Å². The van der Waals surface area contributed by atoms with Gasteiger partial charge < -0.3 is 15.0 Å². The maximum Gasteiger partial charge on any atom is 0.261 e. The van der Waals surface area contributed by atoms with Crippen molar-refractivity contribution in [2.24, 2.45) is 0 Å². The summed E-state index contributed by atoms with van der Waals surface area (Å²) < 4.78 is 5.63. The molecule has 0 saturated carbocycles. The second-order valence-corrected chi connectivity index (χ2v) is 6.15. The van der Waals surface area contributed by atoms with Gasteiger partial charge in [0.25, 0.3) is 5.91 Å². The zero-order valence-electron chi connectivity index (χ0n) is 15.6. The van der Waals surface area contributed by atoms with Gasteiger partial charge in [-0.1, -0.05) is 55.0 Å². The Labute approximate surface area is 155 Å². The van der Waals surface area contributed by atoms with Gasteiger partial charge >= 0.3 is 0 Å². The van der Waals surface area contributed by atoms with Gasteiger partial charge in [-0.25, -0.2) is 0 Å². The van der Waals surface area contributed by atoms with E-state index in [1.54, 1.807) is 11.9 Å². The number of nitrogens with zero attached hydrogens (tertiary/aromatic N) is 1. The molecule has 0 fully saturated rings. The molecular formula is C21H26N2O3. The zero-order valence-corrected chi connectivity index (χ0v) is 15.6. The smallest absolute Gasteiger partial charge is 0.261 e. The number of rotatable bonds is 8. The Balaban J connectivity index is 2.13. The minimum atomic E-state index is -0.533. The minimum Gasteiger partial charge on any atom is -0.484 e. The Hall–Kier alpha value is -2.82. The highest BCUT2D eigenvalue weighted by Crippen LogP contribution is 2.15. The molecule has 0 radical (unpaired) electrons. The number of aryl methyl sites for hydroxylation is 1. The first-order valence-electron chi connectivity index (χ1n) is 8.79. The molecule has 1 atom stereocenters. The number of ether oxygens (including phenoxy) is 1. The van der Waals surface area contributed by atoms with E-state index in [1.807, 2.05) is 68.4 Å². The summed E-state index contributed by atoms with van der Waals surface area (Å²) in [6.07, 6.45) is 0.531. The van der Waals surface area contributed by atoms with Gasteiger partial charge in [-0.05, 0) is 31.0 Å². The van der Waals surface area contributed by atoms with Gasteiger partial charge in [-0.3, -0.25) is 9.59 Å². The number of carbonyl (C=O) groups excluding carboxylic acids is 2. The fourth-order valence-electron chi connectivity index (χ4n) is 2.73. The van der Waals surface area contributed by atoms with E-state index in [4.69, 9.17) is 4.74 Å². The molecule has 0 bridgehead atoms. The predicted molar refractivity (Wildman–Crippen MR) is 102 cm³/mol. The maximum absolute atomic E-state index is 12.8. The summed E-state index contributed by atoms with van der Waals surface area (Å²) in [6.45, 7) is 4.14. The van der Waals surface area contributed by atoms with Gasteiger partial charge in [0, 0.05) is 13.6 Å². The summed E-state index contributed by atoms with van der Waals surface area (Å²) in [6, 6.07) is 16.6. The molecule has 1 N–H and O–H groups in total. The third-order valence-electron chi connectivity index (χ3n) is 4.21. The lowest BCUT2D eigenvalue weighted by atomic mass is 10.1. The van der Waals surface area contributed by atoms with Crippen LogP contribution in [-0.2, 0) is 16.1 Å². The summed E-state index contributed by atoms with van der Waals surface area (Å²) in [5.41, 5.74) is 2.10. The van der Waals surface area contributed by atoms with Crippen LogP contribution in [0.2, 0.25) is 0 Å². The van der Waals surface area contributed by atoms with Crippen LogP contribution >= 0.6 is 0 Å². The third-order valence-corrected chi connectivity index (χ3v) is 4.21. The van der Waals surface area contributed by atoms with E-state index in [0.29, 0.717) is 18.7 Å². The Morgan fingerprint density at radius 2 is 1.73 bits per heavy atom. The molecule has 2 amide bonds. The second-order valence-electron chi connectivity index (χ2n) is 6.15. The van der Waals surface area contributed by atoms with Crippen LogP contribution in [-0.4, -0.2) is 36.4 Å². The lowest BCUT2D eigenvalue weighted by Crippen LogP contribution is -2.49. The number of hydrogen-bond donors (Lipinski definition) is 1. The maximum atomic E-state index is 12.8. The molecule has 2 rings (SSSR count). The standard InChI is InChI=1S/C21H26N2O3/c1-4-19(21(25)22-3)23(14-17-8-6-5-7-9-17)20(24)15-26-18-12-10-16(2)11-13-18/h5-13,19H,4,14-15H2,1-3H3,(H,22,25)/t19-/m0/s1. The van der Waals surface area contributed by atoms with Gasteiger partial charge in [0.05, 0.1) is 0 Å². The second kappa shape index (κ2) is 9.61. The topological polar surface area (TPSA) is 58.6 Å². The quantitative estimate of drug-likeness (QED) is 0.793. The van der Waals surface area contributed by atoms with Gasteiger partial charge in [0.1, 0.15) is 11.8 Å². The van der Waals surface area contributed by atoms with E-state index in [1.165, 1.54) is 0 Å². The van der Waals surface area contributed by atoms with Crippen molar-refractivity contribution < 1.29 is 14.3 Å². The fraction of sp³-hybridized carbons (Fsp3) is 0.333. The van der Waals surface area contributed by atoms with E-state index in [0.717, 1.165) is 11.1 Å². The van der Waals surface area contributed by atoms with Crippen molar-refractivity contribution in [3.05, 3.63) is 65.7 Å². The van der Waals surface area contributed by atoms with Crippen molar-refractivity contribution in [2.75, 3.05) is 13.7 Å². The van der Waals surface area contributed by atoms with Gasteiger partial charge in [0.15, 0.2) is 6.61 Å². The molecule has 0 heterocycles. The first kappa shape index (κ1) is 19.5. The molecular weight excluding hydrogens is 328 g/mol. The molecule has 0 aliphatic rings. The van der Waals surface area contributed by atoms with E-state index in [2.05, 4.69) is 5.32 Å². The average Bonchev–Trinajstić information content (AvgIpc) is 2.67. The number of nitrogens with one attached hydrogen (secondary N) is 1. The molecule has 0 aliphatic heterocycles. The Kier molecular flexibility index (Phi) is 7.21. The molecule has 0 saturated heterocycles. The SMILES string of the molecule is CC[C@@H](C(=O)NC)N(Cc1ccccc1)C(=O)COc1ccc(C)cc1. The van der Waals surface area contributed by atoms with Crippen molar-refractivity contribution in [1.29, 1.82) is 0 Å². The first-order chi connectivity index (χ1) is 12.5. The number of amides is 2. The van der Waals surface area contributed by atoms with Crippen LogP contribution in [0.15, 0.2) is 54.6 Å². The molecule has 2 aromatic rings.